The van der Waals surface area contributed by atoms with Crippen molar-refractivity contribution in [1.29, 1.82) is 0 Å². The van der Waals surface area contributed by atoms with E-state index >= 15 is 0 Å². The van der Waals surface area contributed by atoms with Crippen molar-refractivity contribution in [3.8, 4) is 0 Å². The third kappa shape index (κ3) is 2.86. The maximum Gasteiger partial charge on any atom is 0.260 e. The number of hydrogen-bond donors (Lipinski definition) is 1. The van der Waals surface area contributed by atoms with Crippen LogP contribution in [0, 0.1) is 12.7 Å². The van der Waals surface area contributed by atoms with Crippen LogP contribution in [0.3, 0.4) is 0 Å². The van der Waals surface area contributed by atoms with Crippen molar-refractivity contribution in [2.24, 2.45) is 0 Å². The van der Waals surface area contributed by atoms with Gasteiger partial charge >= 0.3 is 0 Å². The fraction of sp³-hybridized carbons (Fsp3) is 0.100. The second-order valence-corrected chi connectivity index (χ2v) is 4.89. The molecular weight excluding hydrogens is 309 g/mol. The SMILES string of the molecule is Cc1nsc(NC(=O)c2cc(Br)ccc2F)n1. The normalized spacial score (nSPS) is 10.3. The zero-order valence-corrected chi connectivity index (χ0v) is 11.1. The third-order valence-corrected chi connectivity index (χ3v) is 3.14. The smallest absolute Gasteiger partial charge is 0.260 e. The van der Waals surface area contributed by atoms with Crippen LogP contribution in [0.2, 0.25) is 0 Å². The third-order valence-electron chi connectivity index (χ3n) is 1.92. The molecule has 0 radical (unpaired) electrons. The molecule has 0 saturated heterocycles. The Kier molecular flexibility index (Phi) is 3.49. The van der Waals surface area contributed by atoms with Crippen LogP contribution in [0.1, 0.15) is 16.2 Å². The number of nitrogens with zero attached hydrogens (tertiary/aromatic N) is 2. The van der Waals surface area contributed by atoms with Gasteiger partial charge in [-0.2, -0.15) is 4.37 Å². The van der Waals surface area contributed by atoms with Gasteiger partial charge in [0.2, 0.25) is 5.13 Å². The van der Waals surface area contributed by atoms with Crippen LogP contribution < -0.4 is 5.32 Å². The molecule has 0 bridgehead atoms. The lowest BCUT2D eigenvalue weighted by Gasteiger charge is -2.03. The molecule has 0 saturated carbocycles. The Morgan fingerprint density at radius 3 is 2.94 bits per heavy atom. The molecule has 4 nitrogen and oxygen atoms in total. The van der Waals surface area contributed by atoms with Gasteiger partial charge in [0.25, 0.3) is 5.91 Å². The zero-order valence-electron chi connectivity index (χ0n) is 8.70. The van der Waals surface area contributed by atoms with Gasteiger partial charge < -0.3 is 0 Å². The van der Waals surface area contributed by atoms with Crippen LogP contribution in [0.25, 0.3) is 0 Å². The molecule has 2 rings (SSSR count). The molecule has 88 valence electrons. The summed E-state index contributed by atoms with van der Waals surface area (Å²) in [6.45, 7) is 1.71. The highest BCUT2D eigenvalue weighted by Crippen LogP contribution is 2.18. The number of carbonyl (C=O) groups excluding carboxylic acids is 1. The lowest BCUT2D eigenvalue weighted by Crippen LogP contribution is -2.13. The summed E-state index contributed by atoms with van der Waals surface area (Å²) in [5.41, 5.74) is -0.0350. The van der Waals surface area contributed by atoms with Crippen LogP contribution in [0.4, 0.5) is 9.52 Å². The number of hydrogen-bond acceptors (Lipinski definition) is 4. The topological polar surface area (TPSA) is 54.9 Å². The minimum absolute atomic E-state index is 0.0350. The van der Waals surface area contributed by atoms with Crippen molar-refractivity contribution in [1.82, 2.24) is 9.36 Å². The molecule has 0 aliphatic rings. The number of benzene rings is 1. The predicted molar refractivity (Wildman–Crippen MR) is 66.7 cm³/mol. The van der Waals surface area contributed by atoms with E-state index in [0.717, 1.165) is 11.5 Å². The van der Waals surface area contributed by atoms with E-state index in [4.69, 9.17) is 0 Å². The van der Waals surface area contributed by atoms with Gasteiger partial charge in [-0.15, -0.1) is 0 Å². The molecule has 2 aromatic rings. The monoisotopic (exact) mass is 315 g/mol. The minimum Gasteiger partial charge on any atom is -0.296 e. The molecule has 0 atom stereocenters. The van der Waals surface area contributed by atoms with Crippen LogP contribution in [0.5, 0.6) is 0 Å². The van der Waals surface area contributed by atoms with E-state index in [1.54, 1.807) is 6.92 Å². The number of rotatable bonds is 2. The molecule has 1 heterocycles. The lowest BCUT2D eigenvalue weighted by atomic mass is 10.2. The van der Waals surface area contributed by atoms with E-state index in [1.165, 1.54) is 18.2 Å². The van der Waals surface area contributed by atoms with Crippen molar-refractivity contribution in [2.75, 3.05) is 5.32 Å². The van der Waals surface area contributed by atoms with Gasteiger partial charge in [0.05, 0.1) is 5.56 Å². The van der Waals surface area contributed by atoms with Gasteiger partial charge in [-0.1, -0.05) is 15.9 Å². The summed E-state index contributed by atoms with van der Waals surface area (Å²) in [6, 6.07) is 4.17. The average molecular weight is 316 g/mol. The molecule has 7 heteroatoms. The van der Waals surface area contributed by atoms with E-state index < -0.39 is 11.7 Å². The number of amides is 1. The number of nitrogens with one attached hydrogen (secondary N) is 1. The molecule has 0 spiro atoms. The van der Waals surface area contributed by atoms with Crippen LogP contribution in [0.15, 0.2) is 22.7 Å². The number of anilines is 1. The quantitative estimate of drug-likeness (QED) is 0.926. The largest absolute Gasteiger partial charge is 0.296 e. The summed E-state index contributed by atoms with van der Waals surface area (Å²) < 4.78 is 18.0. The second-order valence-electron chi connectivity index (χ2n) is 3.23. The Morgan fingerprint density at radius 1 is 1.53 bits per heavy atom. The van der Waals surface area contributed by atoms with Gasteiger partial charge in [-0.3, -0.25) is 10.1 Å². The van der Waals surface area contributed by atoms with E-state index in [1.807, 2.05) is 0 Å². The molecule has 1 aromatic heterocycles. The molecule has 0 unspecified atom stereocenters. The number of carbonyl (C=O) groups is 1. The van der Waals surface area contributed by atoms with Gasteiger partial charge in [0.1, 0.15) is 11.6 Å². The summed E-state index contributed by atoms with van der Waals surface area (Å²) in [5.74, 6) is -0.549. The fourth-order valence-corrected chi connectivity index (χ4v) is 2.12. The Labute approximate surface area is 109 Å². The van der Waals surface area contributed by atoms with E-state index in [9.17, 15) is 9.18 Å². The first-order chi connectivity index (χ1) is 8.06. The fourth-order valence-electron chi connectivity index (χ4n) is 1.18. The van der Waals surface area contributed by atoms with Crippen molar-refractivity contribution < 1.29 is 9.18 Å². The van der Waals surface area contributed by atoms with Crippen LogP contribution in [-0.2, 0) is 0 Å². The highest BCUT2D eigenvalue weighted by Gasteiger charge is 2.13. The van der Waals surface area contributed by atoms with Crippen molar-refractivity contribution in [2.45, 2.75) is 6.92 Å². The van der Waals surface area contributed by atoms with Gasteiger partial charge in [-0.05, 0) is 25.1 Å². The van der Waals surface area contributed by atoms with Crippen LogP contribution >= 0.6 is 27.5 Å². The average Bonchev–Trinajstić information content (AvgIpc) is 2.67. The summed E-state index contributed by atoms with van der Waals surface area (Å²) in [4.78, 5) is 15.7. The predicted octanol–water partition coefficient (Wildman–Crippen LogP) is 3.00. The standard InChI is InChI=1S/C10H7BrFN3OS/c1-5-13-10(17-15-5)14-9(16)7-4-6(11)2-3-8(7)12/h2-4H,1H3,(H,13,14,15,16). The minimum atomic E-state index is -0.577. The summed E-state index contributed by atoms with van der Waals surface area (Å²) in [6.07, 6.45) is 0. The highest BCUT2D eigenvalue weighted by molar-refractivity contribution is 9.10. The lowest BCUT2D eigenvalue weighted by molar-refractivity contribution is 0.102. The van der Waals surface area contributed by atoms with Crippen molar-refractivity contribution >= 4 is 38.5 Å². The van der Waals surface area contributed by atoms with Gasteiger partial charge in [0.15, 0.2) is 0 Å². The number of aryl methyl sites for hydroxylation is 1. The summed E-state index contributed by atoms with van der Waals surface area (Å²) >= 11 is 4.24. The summed E-state index contributed by atoms with van der Waals surface area (Å²) in [7, 11) is 0. The number of halogens is 2. The molecule has 0 aliphatic carbocycles. The molecule has 17 heavy (non-hydrogen) atoms. The first-order valence-electron chi connectivity index (χ1n) is 4.63. The first kappa shape index (κ1) is 12.1. The van der Waals surface area contributed by atoms with Crippen molar-refractivity contribution in [3.05, 3.63) is 39.9 Å². The molecule has 1 aromatic carbocycles. The molecular formula is C10H7BrFN3OS. The van der Waals surface area contributed by atoms with E-state index in [-0.39, 0.29) is 5.56 Å². The maximum atomic E-state index is 13.4. The van der Waals surface area contributed by atoms with Crippen molar-refractivity contribution in [3.63, 3.8) is 0 Å². The van der Waals surface area contributed by atoms with Gasteiger partial charge in [-0.25, -0.2) is 9.37 Å². The maximum absolute atomic E-state index is 13.4. The Morgan fingerprint density at radius 2 is 2.29 bits per heavy atom. The van der Waals surface area contributed by atoms with Gasteiger partial charge in [0, 0.05) is 16.0 Å². The highest BCUT2D eigenvalue weighted by atomic mass is 79.9. The molecule has 1 N–H and O–H groups in total. The zero-order chi connectivity index (χ0) is 12.4. The molecule has 0 fully saturated rings. The summed E-state index contributed by atoms with van der Waals surface area (Å²) in [5, 5.41) is 2.85. The Hall–Kier alpha value is -1.34. The van der Waals surface area contributed by atoms with Crippen LogP contribution in [-0.4, -0.2) is 15.3 Å². The molecule has 0 aliphatic heterocycles. The van der Waals surface area contributed by atoms with E-state index in [0.29, 0.717) is 15.4 Å². The molecule has 1 amide bonds. The Bertz CT molecular complexity index is 572. The number of aromatic nitrogens is 2. The first-order valence-corrected chi connectivity index (χ1v) is 6.19. The second kappa shape index (κ2) is 4.89. The Balaban J connectivity index is 2.22. The van der Waals surface area contributed by atoms with E-state index in [2.05, 4.69) is 30.6 Å².